The van der Waals surface area contributed by atoms with Crippen LogP contribution in [0.15, 0.2) is 24.7 Å². The summed E-state index contributed by atoms with van der Waals surface area (Å²) in [6.45, 7) is 2.90. The summed E-state index contributed by atoms with van der Waals surface area (Å²) in [5.74, 6) is 1.59. The zero-order valence-corrected chi connectivity index (χ0v) is 9.30. The zero-order valence-electron chi connectivity index (χ0n) is 9.30. The van der Waals surface area contributed by atoms with Gasteiger partial charge in [0.05, 0.1) is 0 Å². The molecule has 5 heteroatoms. The number of nitrogen functional groups attached to an aromatic ring is 1. The lowest BCUT2D eigenvalue weighted by Gasteiger charge is -2.04. The standard InChI is InChI=1S/C11H15N5/c1-2-16-10(14-8-15-16)6-5-9-4-3-7-13-11(9)12/h3-4,7-8H,2,5-6H2,1H3,(H2,12,13). The lowest BCUT2D eigenvalue weighted by molar-refractivity contribution is 0.611. The fraction of sp³-hybridized carbons (Fsp3) is 0.364. The Morgan fingerprint density at radius 2 is 2.19 bits per heavy atom. The van der Waals surface area contributed by atoms with Crippen LogP contribution >= 0.6 is 0 Å². The van der Waals surface area contributed by atoms with Crippen molar-refractivity contribution in [2.24, 2.45) is 0 Å². The molecule has 0 atom stereocenters. The van der Waals surface area contributed by atoms with Gasteiger partial charge >= 0.3 is 0 Å². The Kier molecular flexibility index (Phi) is 3.14. The van der Waals surface area contributed by atoms with Gasteiger partial charge in [0.1, 0.15) is 18.0 Å². The normalized spacial score (nSPS) is 10.6. The fourth-order valence-corrected chi connectivity index (χ4v) is 1.65. The van der Waals surface area contributed by atoms with E-state index in [0.29, 0.717) is 5.82 Å². The maximum atomic E-state index is 5.78. The van der Waals surface area contributed by atoms with E-state index in [1.807, 2.05) is 16.8 Å². The van der Waals surface area contributed by atoms with Gasteiger partial charge in [0.25, 0.3) is 0 Å². The summed E-state index contributed by atoms with van der Waals surface area (Å²) in [5, 5.41) is 4.13. The third kappa shape index (κ3) is 2.18. The van der Waals surface area contributed by atoms with E-state index in [-0.39, 0.29) is 0 Å². The van der Waals surface area contributed by atoms with Gasteiger partial charge in [-0.15, -0.1) is 0 Å². The first kappa shape index (κ1) is 10.6. The summed E-state index contributed by atoms with van der Waals surface area (Å²) >= 11 is 0. The van der Waals surface area contributed by atoms with Crippen molar-refractivity contribution >= 4 is 5.82 Å². The molecule has 2 aromatic heterocycles. The van der Waals surface area contributed by atoms with Crippen LogP contribution in [0.4, 0.5) is 5.82 Å². The molecule has 0 aromatic carbocycles. The first-order chi connectivity index (χ1) is 7.81. The minimum Gasteiger partial charge on any atom is -0.383 e. The van der Waals surface area contributed by atoms with Gasteiger partial charge < -0.3 is 5.73 Å². The molecular formula is C11H15N5. The third-order valence-electron chi connectivity index (χ3n) is 2.54. The second kappa shape index (κ2) is 4.74. The molecule has 84 valence electrons. The van der Waals surface area contributed by atoms with Crippen LogP contribution in [-0.4, -0.2) is 19.7 Å². The van der Waals surface area contributed by atoms with Crippen LogP contribution in [0, 0.1) is 0 Å². The molecule has 0 saturated carbocycles. The molecule has 0 aliphatic carbocycles. The monoisotopic (exact) mass is 217 g/mol. The number of hydrogen-bond donors (Lipinski definition) is 1. The summed E-state index contributed by atoms with van der Waals surface area (Å²) in [4.78, 5) is 8.28. The van der Waals surface area contributed by atoms with E-state index in [0.717, 1.165) is 30.8 Å². The molecule has 2 rings (SSSR count). The molecule has 0 saturated heterocycles. The van der Waals surface area contributed by atoms with Crippen molar-refractivity contribution in [2.45, 2.75) is 26.3 Å². The molecule has 0 bridgehead atoms. The largest absolute Gasteiger partial charge is 0.383 e. The second-order valence-corrected chi connectivity index (χ2v) is 3.54. The van der Waals surface area contributed by atoms with E-state index in [1.54, 1.807) is 12.5 Å². The summed E-state index contributed by atoms with van der Waals surface area (Å²) in [6.07, 6.45) is 4.97. The van der Waals surface area contributed by atoms with Crippen molar-refractivity contribution in [3.8, 4) is 0 Å². The van der Waals surface area contributed by atoms with E-state index in [9.17, 15) is 0 Å². The molecule has 0 aliphatic rings. The Bertz CT molecular complexity index is 463. The summed E-state index contributed by atoms with van der Waals surface area (Å²) in [7, 11) is 0. The Morgan fingerprint density at radius 3 is 2.94 bits per heavy atom. The predicted molar refractivity (Wildman–Crippen MR) is 61.8 cm³/mol. The van der Waals surface area contributed by atoms with Gasteiger partial charge in [-0.3, -0.25) is 4.68 Å². The number of hydrogen-bond acceptors (Lipinski definition) is 4. The minimum absolute atomic E-state index is 0.602. The number of pyridine rings is 1. The van der Waals surface area contributed by atoms with E-state index in [2.05, 4.69) is 22.0 Å². The van der Waals surface area contributed by atoms with E-state index in [4.69, 9.17) is 5.73 Å². The molecule has 2 heterocycles. The highest BCUT2D eigenvalue weighted by atomic mass is 15.3. The Hall–Kier alpha value is -1.91. The lowest BCUT2D eigenvalue weighted by atomic mass is 10.1. The molecule has 2 aromatic rings. The first-order valence-electron chi connectivity index (χ1n) is 5.37. The lowest BCUT2D eigenvalue weighted by Crippen LogP contribution is -2.06. The molecule has 0 fully saturated rings. The van der Waals surface area contributed by atoms with Crippen LogP contribution in [-0.2, 0) is 19.4 Å². The Labute approximate surface area is 94.3 Å². The van der Waals surface area contributed by atoms with Crippen LogP contribution in [0.5, 0.6) is 0 Å². The Balaban J connectivity index is 2.05. The van der Waals surface area contributed by atoms with Gasteiger partial charge in [-0.2, -0.15) is 5.10 Å². The smallest absolute Gasteiger partial charge is 0.138 e. The summed E-state index contributed by atoms with van der Waals surface area (Å²) in [6, 6.07) is 3.89. The molecule has 0 aliphatic heterocycles. The fourth-order valence-electron chi connectivity index (χ4n) is 1.65. The van der Waals surface area contributed by atoms with Crippen molar-refractivity contribution in [2.75, 3.05) is 5.73 Å². The molecule has 2 N–H and O–H groups in total. The van der Waals surface area contributed by atoms with Crippen molar-refractivity contribution in [3.05, 3.63) is 36.0 Å². The molecule has 16 heavy (non-hydrogen) atoms. The topological polar surface area (TPSA) is 69.6 Å². The zero-order chi connectivity index (χ0) is 11.4. The molecule has 5 nitrogen and oxygen atoms in total. The van der Waals surface area contributed by atoms with Gasteiger partial charge in [0.2, 0.25) is 0 Å². The van der Waals surface area contributed by atoms with Gasteiger partial charge in [0, 0.05) is 19.2 Å². The maximum absolute atomic E-state index is 5.78. The highest BCUT2D eigenvalue weighted by molar-refractivity contribution is 5.38. The van der Waals surface area contributed by atoms with Gasteiger partial charge in [0.15, 0.2) is 0 Å². The number of nitrogens with zero attached hydrogens (tertiary/aromatic N) is 4. The SMILES string of the molecule is CCn1ncnc1CCc1cccnc1N. The molecule has 0 amide bonds. The van der Waals surface area contributed by atoms with Crippen LogP contribution in [0.25, 0.3) is 0 Å². The van der Waals surface area contributed by atoms with E-state index in [1.165, 1.54) is 0 Å². The van der Waals surface area contributed by atoms with E-state index >= 15 is 0 Å². The number of rotatable bonds is 4. The second-order valence-electron chi connectivity index (χ2n) is 3.54. The van der Waals surface area contributed by atoms with Crippen LogP contribution in [0.2, 0.25) is 0 Å². The maximum Gasteiger partial charge on any atom is 0.138 e. The molecular weight excluding hydrogens is 202 g/mol. The summed E-state index contributed by atoms with van der Waals surface area (Å²) < 4.78 is 1.90. The number of anilines is 1. The highest BCUT2D eigenvalue weighted by Gasteiger charge is 2.05. The third-order valence-corrected chi connectivity index (χ3v) is 2.54. The molecule has 0 spiro atoms. The summed E-state index contributed by atoms with van der Waals surface area (Å²) in [5.41, 5.74) is 6.84. The predicted octanol–water partition coefficient (Wildman–Crippen LogP) is 1.06. The van der Waals surface area contributed by atoms with Crippen molar-refractivity contribution in [1.82, 2.24) is 19.7 Å². The van der Waals surface area contributed by atoms with Gasteiger partial charge in [-0.05, 0) is 25.0 Å². The number of aryl methyl sites for hydroxylation is 3. The average molecular weight is 217 g/mol. The van der Waals surface area contributed by atoms with Crippen molar-refractivity contribution < 1.29 is 0 Å². The van der Waals surface area contributed by atoms with Gasteiger partial charge in [-0.25, -0.2) is 9.97 Å². The minimum atomic E-state index is 0.602. The average Bonchev–Trinajstić information content (AvgIpc) is 2.75. The Morgan fingerprint density at radius 1 is 1.31 bits per heavy atom. The van der Waals surface area contributed by atoms with Crippen LogP contribution < -0.4 is 5.73 Å². The van der Waals surface area contributed by atoms with Crippen LogP contribution in [0.3, 0.4) is 0 Å². The quantitative estimate of drug-likeness (QED) is 0.831. The number of aromatic nitrogens is 4. The van der Waals surface area contributed by atoms with Gasteiger partial charge in [-0.1, -0.05) is 6.07 Å². The highest BCUT2D eigenvalue weighted by Crippen LogP contribution is 2.10. The van der Waals surface area contributed by atoms with Crippen molar-refractivity contribution in [3.63, 3.8) is 0 Å². The number of nitrogens with two attached hydrogens (primary N) is 1. The molecule has 0 unspecified atom stereocenters. The first-order valence-corrected chi connectivity index (χ1v) is 5.37. The van der Waals surface area contributed by atoms with E-state index < -0.39 is 0 Å². The van der Waals surface area contributed by atoms with Crippen molar-refractivity contribution in [1.29, 1.82) is 0 Å². The molecule has 0 radical (unpaired) electrons. The van der Waals surface area contributed by atoms with Crippen LogP contribution in [0.1, 0.15) is 18.3 Å².